The van der Waals surface area contributed by atoms with Gasteiger partial charge in [-0.05, 0) is 20.3 Å². The molecule has 90 valence electrons. The van der Waals surface area contributed by atoms with Gasteiger partial charge in [0.05, 0.1) is 6.07 Å². The first kappa shape index (κ1) is 13.4. The van der Waals surface area contributed by atoms with E-state index in [4.69, 9.17) is 5.26 Å². The molecule has 0 radical (unpaired) electrons. The number of hydrogen-bond acceptors (Lipinski definition) is 3. The lowest BCUT2D eigenvalue weighted by Gasteiger charge is -2.27. The molecule has 0 aromatic carbocycles. The maximum atomic E-state index is 12.1. The van der Waals surface area contributed by atoms with E-state index >= 15 is 0 Å². The summed E-state index contributed by atoms with van der Waals surface area (Å²) in [6.45, 7) is 9.33. The van der Waals surface area contributed by atoms with Gasteiger partial charge in [-0.25, -0.2) is 0 Å². The number of carbonyl (C=O) groups excluding carboxylic acids is 1. The summed E-state index contributed by atoms with van der Waals surface area (Å²) in [4.78, 5) is 13.9. The number of amides is 1. The average molecular weight is 240 g/mol. The topological polar surface area (TPSA) is 44.1 Å². The Bertz CT molecular complexity index is 317. The van der Waals surface area contributed by atoms with E-state index < -0.39 is 5.41 Å². The van der Waals surface area contributed by atoms with Crippen LogP contribution in [0.15, 0.2) is 0 Å². The Morgan fingerprint density at radius 2 is 2.06 bits per heavy atom. The summed E-state index contributed by atoms with van der Waals surface area (Å²) in [6.07, 6.45) is 0.991. The third kappa shape index (κ3) is 3.15. The van der Waals surface area contributed by atoms with Gasteiger partial charge in [0.1, 0.15) is 5.41 Å². The average Bonchev–Trinajstić information content (AvgIpc) is 2.38. The Labute approximate surface area is 102 Å². The second kappa shape index (κ2) is 4.67. The van der Waals surface area contributed by atoms with E-state index in [-0.39, 0.29) is 10.7 Å². The van der Waals surface area contributed by atoms with Crippen molar-refractivity contribution in [1.29, 1.82) is 5.26 Å². The van der Waals surface area contributed by atoms with E-state index in [9.17, 15) is 4.79 Å². The van der Waals surface area contributed by atoms with Gasteiger partial charge in [-0.3, -0.25) is 4.79 Å². The van der Waals surface area contributed by atoms with E-state index in [1.807, 2.05) is 16.7 Å². The summed E-state index contributed by atoms with van der Waals surface area (Å²) in [5.74, 6) is 0.925. The van der Waals surface area contributed by atoms with Gasteiger partial charge < -0.3 is 4.90 Å². The van der Waals surface area contributed by atoms with E-state index in [0.29, 0.717) is 0 Å². The van der Waals surface area contributed by atoms with Gasteiger partial charge in [0.25, 0.3) is 0 Å². The fraction of sp³-hybridized carbons (Fsp3) is 0.833. The van der Waals surface area contributed by atoms with Crippen molar-refractivity contribution in [3.8, 4) is 6.07 Å². The molecule has 1 saturated heterocycles. The van der Waals surface area contributed by atoms with E-state index in [0.717, 1.165) is 25.3 Å². The SMILES string of the molecule is CC1(C)CCN(C(=O)C(C)(C)C#N)CCS1. The van der Waals surface area contributed by atoms with Gasteiger partial charge in [0.15, 0.2) is 0 Å². The number of thioether (sulfide) groups is 1. The lowest BCUT2D eigenvalue weighted by molar-refractivity contribution is -0.137. The van der Waals surface area contributed by atoms with Crippen molar-refractivity contribution < 1.29 is 4.79 Å². The molecule has 0 bridgehead atoms. The second-order valence-electron chi connectivity index (χ2n) is 5.39. The van der Waals surface area contributed by atoms with Gasteiger partial charge in [-0.2, -0.15) is 17.0 Å². The molecule has 0 aliphatic carbocycles. The van der Waals surface area contributed by atoms with Crippen molar-refractivity contribution in [2.45, 2.75) is 38.9 Å². The molecular weight excluding hydrogens is 220 g/mol. The van der Waals surface area contributed by atoms with Crippen LogP contribution >= 0.6 is 11.8 Å². The number of hydrogen-bond donors (Lipinski definition) is 0. The van der Waals surface area contributed by atoms with Crippen molar-refractivity contribution in [3.05, 3.63) is 0 Å². The minimum absolute atomic E-state index is 0.0340. The van der Waals surface area contributed by atoms with Crippen molar-refractivity contribution >= 4 is 17.7 Å². The normalized spacial score (nSPS) is 21.1. The van der Waals surface area contributed by atoms with Gasteiger partial charge in [0, 0.05) is 23.6 Å². The first-order valence-corrected chi connectivity index (χ1v) is 6.62. The summed E-state index contributed by atoms with van der Waals surface area (Å²) in [5, 5.41) is 8.97. The summed E-state index contributed by atoms with van der Waals surface area (Å²) in [7, 11) is 0. The first-order chi connectivity index (χ1) is 7.28. The van der Waals surface area contributed by atoms with Crippen LogP contribution in [0.3, 0.4) is 0 Å². The highest BCUT2D eigenvalue weighted by Gasteiger charge is 2.34. The van der Waals surface area contributed by atoms with Gasteiger partial charge in [-0.15, -0.1) is 0 Å². The molecule has 1 amide bonds. The lowest BCUT2D eigenvalue weighted by Crippen LogP contribution is -2.41. The third-order valence-electron chi connectivity index (χ3n) is 2.94. The molecule has 0 saturated carbocycles. The Balaban J connectivity index is 2.70. The van der Waals surface area contributed by atoms with Crippen molar-refractivity contribution in [2.24, 2.45) is 5.41 Å². The predicted molar refractivity (Wildman–Crippen MR) is 67.1 cm³/mol. The smallest absolute Gasteiger partial charge is 0.242 e. The molecule has 0 spiro atoms. The van der Waals surface area contributed by atoms with Crippen LogP contribution in [0.2, 0.25) is 0 Å². The molecule has 1 aliphatic rings. The molecule has 16 heavy (non-hydrogen) atoms. The van der Waals surface area contributed by atoms with Crippen LogP contribution in [-0.2, 0) is 4.79 Å². The molecule has 1 aliphatic heterocycles. The van der Waals surface area contributed by atoms with Gasteiger partial charge in [-0.1, -0.05) is 13.8 Å². The summed E-state index contributed by atoms with van der Waals surface area (Å²) in [6, 6.07) is 2.08. The minimum Gasteiger partial charge on any atom is -0.340 e. The van der Waals surface area contributed by atoms with Crippen LogP contribution in [0, 0.1) is 16.7 Å². The Hall–Kier alpha value is -0.690. The third-order valence-corrected chi connectivity index (χ3v) is 4.31. The predicted octanol–water partition coefficient (Wildman–Crippen LogP) is 2.28. The van der Waals surface area contributed by atoms with Crippen LogP contribution in [0.25, 0.3) is 0 Å². The van der Waals surface area contributed by atoms with Crippen LogP contribution in [0.5, 0.6) is 0 Å². The second-order valence-corrected chi connectivity index (χ2v) is 7.19. The van der Waals surface area contributed by atoms with Crippen LogP contribution < -0.4 is 0 Å². The van der Waals surface area contributed by atoms with Crippen LogP contribution in [0.1, 0.15) is 34.1 Å². The quantitative estimate of drug-likeness (QED) is 0.706. The molecule has 1 fully saturated rings. The van der Waals surface area contributed by atoms with Crippen LogP contribution in [0.4, 0.5) is 0 Å². The van der Waals surface area contributed by atoms with Crippen molar-refractivity contribution in [1.82, 2.24) is 4.90 Å². The monoisotopic (exact) mass is 240 g/mol. The Morgan fingerprint density at radius 1 is 1.44 bits per heavy atom. The molecule has 1 heterocycles. The van der Waals surface area contributed by atoms with Gasteiger partial charge >= 0.3 is 0 Å². The number of nitrogens with zero attached hydrogens (tertiary/aromatic N) is 2. The maximum Gasteiger partial charge on any atom is 0.242 e. The molecule has 1 rings (SSSR count). The van der Waals surface area contributed by atoms with Crippen molar-refractivity contribution in [3.63, 3.8) is 0 Å². The molecular formula is C12H20N2OS. The van der Waals surface area contributed by atoms with E-state index in [1.54, 1.807) is 13.8 Å². The summed E-state index contributed by atoms with van der Waals surface area (Å²) >= 11 is 1.90. The Morgan fingerprint density at radius 3 is 2.62 bits per heavy atom. The number of rotatable bonds is 1. The molecule has 3 nitrogen and oxygen atoms in total. The first-order valence-electron chi connectivity index (χ1n) is 5.63. The highest BCUT2D eigenvalue weighted by molar-refractivity contribution is 8.00. The molecule has 0 unspecified atom stereocenters. The largest absolute Gasteiger partial charge is 0.340 e. The highest BCUT2D eigenvalue weighted by Crippen LogP contribution is 2.31. The molecule has 0 atom stereocenters. The zero-order valence-electron chi connectivity index (χ0n) is 10.5. The van der Waals surface area contributed by atoms with Crippen molar-refractivity contribution in [2.75, 3.05) is 18.8 Å². The minimum atomic E-state index is -0.890. The summed E-state index contributed by atoms with van der Waals surface area (Å²) < 4.78 is 0.242. The standard InChI is InChI=1S/C12H20N2OS/c1-11(2,9-13)10(15)14-6-5-12(3,4)16-8-7-14/h5-8H2,1-4H3. The molecule has 0 aromatic heterocycles. The van der Waals surface area contributed by atoms with Crippen LogP contribution in [-0.4, -0.2) is 34.4 Å². The molecule has 4 heteroatoms. The fourth-order valence-electron chi connectivity index (χ4n) is 1.67. The van der Waals surface area contributed by atoms with E-state index in [2.05, 4.69) is 19.9 Å². The van der Waals surface area contributed by atoms with E-state index in [1.165, 1.54) is 0 Å². The number of carbonyl (C=O) groups is 1. The summed E-state index contributed by atoms with van der Waals surface area (Å²) in [5.41, 5.74) is -0.890. The highest BCUT2D eigenvalue weighted by atomic mass is 32.2. The zero-order valence-corrected chi connectivity index (χ0v) is 11.4. The molecule has 0 N–H and O–H groups in total. The maximum absolute atomic E-state index is 12.1. The molecule has 0 aromatic rings. The number of nitriles is 1. The van der Waals surface area contributed by atoms with Gasteiger partial charge in [0.2, 0.25) is 5.91 Å². The fourth-order valence-corrected chi connectivity index (χ4v) is 2.77. The Kier molecular flexibility index (Phi) is 3.90. The zero-order chi connectivity index (χ0) is 12.4. The lowest BCUT2D eigenvalue weighted by atomic mass is 9.93.